The molecule has 0 saturated heterocycles. The average molecular weight is 313 g/mol. The number of Topliss-reactive ketones (excluding diaryl/α,β-unsaturated/α-hetero) is 1. The minimum Gasteiger partial charge on any atom is -0.490 e. The molecular weight excluding hydrogens is 295 g/mol. The maximum absolute atomic E-state index is 11.1. The first kappa shape index (κ1) is 16.8. The Balaban J connectivity index is 2.39. The molecule has 0 aliphatic rings. The Morgan fingerprint density at radius 2 is 1.80 bits per heavy atom. The molecule has 0 aliphatic heterocycles. The van der Waals surface area contributed by atoms with Crippen molar-refractivity contribution in [3.8, 4) is 5.75 Å². The van der Waals surface area contributed by atoms with Gasteiger partial charge in [0.05, 0.1) is 0 Å². The van der Waals surface area contributed by atoms with E-state index in [1.165, 1.54) is 5.57 Å². The fraction of sp³-hybridized carbons (Fsp3) is 0.312. The predicted octanol–water partition coefficient (Wildman–Crippen LogP) is 5.31. The largest absolute Gasteiger partial charge is 0.490 e. The molecule has 0 aliphatic carbocycles. The first-order valence-electron chi connectivity index (χ1n) is 6.39. The van der Waals surface area contributed by atoms with Crippen LogP contribution < -0.4 is 4.74 Å². The lowest BCUT2D eigenvalue weighted by molar-refractivity contribution is 0.101. The number of hydrogen-bond donors (Lipinski definition) is 0. The van der Waals surface area contributed by atoms with Crippen LogP contribution in [0, 0.1) is 0 Å². The first-order valence-corrected chi connectivity index (χ1v) is 7.15. The van der Waals surface area contributed by atoms with Crippen molar-refractivity contribution in [3.05, 3.63) is 52.0 Å². The van der Waals surface area contributed by atoms with E-state index in [1.54, 1.807) is 37.3 Å². The van der Waals surface area contributed by atoms with E-state index in [1.807, 2.05) is 13.0 Å². The zero-order chi connectivity index (χ0) is 15.0. The van der Waals surface area contributed by atoms with Gasteiger partial charge in [-0.1, -0.05) is 34.9 Å². The summed E-state index contributed by atoms with van der Waals surface area (Å²) >= 11 is 11.1. The summed E-state index contributed by atoms with van der Waals surface area (Å²) in [5, 5.41) is 0. The second-order valence-corrected chi connectivity index (χ2v) is 5.48. The molecule has 0 radical (unpaired) electrons. The van der Waals surface area contributed by atoms with Crippen LogP contribution in [0.2, 0.25) is 0 Å². The maximum atomic E-state index is 11.1. The summed E-state index contributed by atoms with van der Waals surface area (Å²) in [7, 11) is 0. The Morgan fingerprint density at radius 1 is 1.15 bits per heavy atom. The third kappa shape index (κ3) is 6.78. The van der Waals surface area contributed by atoms with Crippen LogP contribution in [-0.4, -0.2) is 12.4 Å². The summed E-state index contributed by atoms with van der Waals surface area (Å²) in [5.74, 6) is 0.807. The molecule has 1 aromatic rings. The number of hydrogen-bond acceptors (Lipinski definition) is 2. The van der Waals surface area contributed by atoms with Gasteiger partial charge in [-0.3, -0.25) is 4.79 Å². The van der Waals surface area contributed by atoms with E-state index in [4.69, 9.17) is 27.9 Å². The van der Waals surface area contributed by atoms with Crippen molar-refractivity contribution in [1.82, 2.24) is 0 Å². The van der Waals surface area contributed by atoms with Gasteiger partial charge in [-0.25, -0.2) is 0 Å². The third-order valence-electron chi connectivity index (χ3n) is 2.78. The van der Waals surface area contributed by atoms with E-state index in [-0.39, 0.29) is 5.78 Å². The second kappa shape index (κ2) is 8.83. The molecule has 108 valence electrons. The maximum Gasteiger partial charge on any atom is 0.159 e. The quantitative estimate of drug-likeness (QED) is 0.503. The van der Waals surface area contributed by atoms with Crippen molar-refractivity contribution in [2.45, 2.75) is 26.7 Å². The highest BCUT2D eigenvalue weighted by Gasteiger charge is 1.99. The van der Waals surface area contributed by atoms with Crippen LogP contribution in [0.3, 0.4) is 0 Å². The van der Waals surface area contributed by atoms with Crippen molar-refractivity contribution < 1.29 is 9.53 Å². The summed E-state index contributed by atoms with van der Waals surface area (Å²) in [6.45, 7) is 4.09. The molecule has 0 saturated carbocycles. The summed E-state index contributed by atoms with van der Waals surface area (Å²) in [6.07, 6.45) is 5.52. The van der Waals surface area contributed by atoms with Gasteiger partial charge in [-0.15, -0.1) is 0 Å². The Labute approximate surface area is 130 Å². The molecule has 0 amide bonds. The van der Waals surface area contributed by atoms with Crippen molar-refractivity contribution in [1.29, 1.82) is 0 Å². The SMILES string of the molecule is CC(=O)c1ccc(OC/C=C(\C)CCC=C(Cl)Cl)cc1. The van der Waals surface area contributed by atoms with E-state index in [2.05, 4.69) is 0 Å². The highest BCUT2D eigenvalue weighted by Crippen LogP contribution is 2.14. The van der Waals surface area contributed by atoms with Gasteiger partial charge >= 0.3 is 0 Å². The lowest BCUT2D eigenvalue weighted by Crippen LogP contribution is -1.96. The monoisotopic (exact) mass is 312 g/mol. The van der Waals surface area contributed by atoms with Crippen LogP contribution in [-0.2, 0) is 0 Å². The first-order chi connectivity index (χ1) is 9.49. The zero-order valence-corrected chi connectivity index (χ0v) is 13.2. The van der Waals surface area contributed by atoms with Crippen molar-refractivity contribution in [3.63, 3.8) is 0 Å². The number of rotatable bonds is 7. The van der Waals surface area contributed by atoms with Crippen LogP contribution in [0.1, 0.15) is 37.0 Å². The van der Waals surface area contributed by atoms with Crippen LogP contribution in [0.25, 0.3) is 0 Å². The van der Waals surface area contributed by atoms with E-state index in [9.17, 15) is 4.79 Å². The predicted molar refractivity (Wildman–Crippen MR) is 84.7 cm³/mol. The molecule has 0 spiro atoms. The van der Waals surface area contributed by atoms with Gasteiger partial charge < -0.3 is 4.74 Å². The molecule has 20 heavy (non-hydrogen) atoms. The lowest BCUT2D eigenvalue weighted by atomic mass is 10.1. The van der Waals surface area contributed by atoms with Gasteiger partial charge in [0.15, 0.2) is 5.78 Å². The van der Waals surface area contributed by atoms with Crippen molar-refractivity contribution in [2.75, 3.05) is 6.61 Å². The third-order valence-corrected chi connectivity index (χ3v) is 3.09. The Hall–Kier alpha value is -1.25. The van der Waals surface area contributed by atoms with E-state index in [0.29, 0.717) is 16.7 Å². The fourth-order valence-corrected chi connectivity index (χ4v) is 1.80. The molecule has 4 heteroatoms. The van der Waals surface area contributed by atoms with Crippen LogP contribution in [0.5, 0.6) is 5.75 Å². The number of ether oxygens (including phenoxy) is 1. The molecular formula is C16H18Cl2O2. The average Bonchev–Trinajstić information content (AvgIpc) is 2.39. The molecule has 0 N–H and O–H groups in total. The summed E-state index contributed by atoms with van der Waals surface area (Å²) in [5.41, 5.74) is 1.91. The highest BCUT2D eigenvalue weighted by atomic mass is 35.5. The molecule has 0 bridgehead atoms. The van der Waals surface area contributed by atoms with E-state index >= 15 is 0 Å². The van der Waals surface area contributed by atoms with Gasteiger partial charge in [0.1, 0.15) is 16.8 Å². The number of carbonyl (C=O) groups excluding carboxylic acids is 1. The molecule has 1 rings (SSSR count). The molecule has 2 nitrogen and oxygen atoms in total. The van der Waals surface area contributed by atoms with Gasteiger partial charge in [0.25, 0.3) is 0 Å². The second-order valence-electron chi connectivity index (χ2n) is 4.47. The smallest absolute Gasteiger partial charge is 0.159 e. The number of benzene rings is 1. The Bertz CT molecular complexity index is 498. The standard InChI is InChI=1S/C16H18Cl2O2/c1-12(4-3-5-16(17)18)10-11-20-15-8-6-14(7-9-15)13(2)19/h5-10H,3-4,11H2,1-2H3/b12-10+. The normalized spacial score (nSPS) is 11.1. The van der Waals surface area contributed by atoms with Crippen LogP contribution in [0.4, 0.5) is 0 Å². The number of ketones is 1. The highest BCUT2D eigenvalue weighted by molar-refractivity contribution is 6.55. The van der Waals surface area contributed by atoms with E-state index < -0.39 is 0 Å². The van der Waals surface area contributed by atoms with Crippen molar-refractivity contribution >= 4 is 29.0 Å². The number of allylic oxidation sites excluding steroid dienone is 2. The molecule has 0 heterocycles. The summed E-state index contributed by atoms with van der Waals surface area (Å²) in [6, 6.07) is 7.13. The Kier molecular flexibility index (Phi) is 7.42. The summed E-state index contributed by atoms with van der Waals surface area (Å²) in [4.78, 5) is 11.1. The molecule has 1 aromatic carbocycles. The zero-order valence-electron chi connectivity index (χ0n) is 11.7. The lowest BCUT2D eigenvalue weighted by Gasteiger charge is -2.05. The van der Waals surface area contributed by atoms with Crippen LogP contribution >= 0.6 is 23.2 Å². The molecule has 0 atom stereocenters. The molecule has 0 unspecified atom stereocenters. The molecule has 0 aromatic heterocycles. The fourth-order valence-electron chi connectivity index (χ4n) is 1.58. The van der Waals surface area contributed by atoms with Gasteiger partial charge in [0.2, 0.25) is 0 Å². The van der Waals surface area contributed by atoms with E-state index in [0.717, 1.165) is 18.6 Å². The van der Waals surface area contributed by atoms with Gasteiger partial charge in [0, 0.05) is 5.56 Å². The molecule has 0 fully saturated rings. The summed E-state index contributed by atoms with van der Waals surface area (Å²) < 4.78 is 5.89. The number of carbonyl (C=O) groups is 1. The van der Waals surface area contributed by atoms with Crippen molar-refractivity contribution in [2.24, 2.45) is 0 Å². The number of halogens is 2. The van der Waals surface area contributed by atoms with Gasteiger partial charge in [-0.2, -0.15) is 0 Å². The topological polar surface area (TPSA) is 26.3 Å². The van der Waals surface area contributed by atoms with Crippen LogP contribution in [0.15, 0.2) is 46.5 Å². The minimum absolute atomic E-state index is 0.0540. The Morgan fingerprint density at radius 3 is 2.35 bits per heavy atom. The minimum atomic E-state index is 0.0540. The van der Waals surface area contributed by atoms with Gasteiger partial charge in [-0.05, 0) is 57.0 Å².